The topological polar surface area (TPSA) is 64.4 Å². The lowest BCUT2D eigenvalue weighted by atomic mass is 9.90. The molecule has 1 heterocycles. The van der Waals surface area contributed by atoms with Crippen LogP contribution in [-0.2, 0) is 15.7 Å². The molecule has 0 saturated carbocycles. The summed E-state index contributed by atoms with van der Waals surface area (Å²) in [7, 11) is 0. The zero-order valence-electron chi connectivity index (χ0n) is 11.4. The average Bonchev–Trinajstić information content (AvgIpc) is 2.40. The predicted molar refractivity (Wildman–Crippen MR) is 82.0 cm³/mol. The molecule has 1 amide bonds. The van der Waals surface area contributed by atoms with Crippen molar-refractivity contribution in [3.05, 3.63) is 28.2 Å². The molecule has 124 valence electrons. The number of alkyl halides is 3. The first-order valence-corrected chi connectivity index (χ1v) is 7.06. The van der Waals surface area contributed by atoms with E-state index in [-0.39, 0.29) is 22.6 Å². The Morgan fingerprint density at radius 3 is 2.45 bits per heavy atom. The molecule has 22 heavy (non-hydrogen) atoms. The first-order chi connectivity index (χ1) is 9.72. The quantitative estimate of drug-likeness (QED) is 0.796. The maximum Gasteiger partial charge on any atom is 0.417 e. The van der Waals surface area contributed by atoms with Crippen molar-refractivity contribution in [3.63, 3.8) is 0 Å². The summed E-state index contributed by atoms with van der Waals surface area (Å²) >= 11 is 2.85. The highest BCUT2D eigenvalue weighted by molar-refractivity contribution is 9.10. The van der Waals surface area contributed by atoms with Crippen LogP contribution in [0.2, 0.25) is 0 Å². The van der Waals surface area contributed by atoms with Gasteiger partial charge in [-0.2, -0.15) is 13.2 Å². The summed E-state index contributed by atoms with van der Waals surface area (Å²) in [5.41, 5.74) is 4.09. The van der Waals surface area contributed by atoms with Crippen LogP contribution in [0.15, 0.2) is 22.7 Å². The fourth-order valence-electron chi connectivity index (χ4n) is 2.04. The van der Waals surface area contributed by atoms with Crippen molar-refractivity contribution >= 4 is 39.9 Å². The van der Waals surface area contributed by atoms with Crippen LogP contribution in [0.25, 0.3) is 0 Å². The minimum atomic E-state index is -4.50. The summed E-state index contributed by atoms with van der Waals surface area (Å²) in [4.78, 5) is 12.2. The average molecular weight is 404 g/mol. The van der Waals surface area contributed by atoms with Gasteiger partial charge in [0.2, 0.25) is 5.91 Å². The number of carbonyl (C=O) groups excluding carboxylic acids is 1. The van der Waals surface area contributed by atoms with Gasteiger partial charge in [0, 0.05) is 23.4 Å². The summed E-state index contributed by atoms with van der Waals surface area (Å²) in [5, 5.41) is 2.45. The van der Waals surface area contributed by atoms with Crippen molar-refractivity contribution < 1.29 is 22.7 Å². The Kier molecular flexibility index (Phi) is 6.26. The van der Waals surface area contributed by atoms with Crippen LogP contribution in [0.5, 0.6) is 0 Å². The normalized spacial score (nSPS) is 17.5. The monoisotopic (exact) mass is 402 g/mol. The molecule has 1 aromatic rings. The van der Waals surface area contributed by atoms with Crippen LogP contribution < -0.4 is 11.1 Å². The molecule has 1 saturated heterocycles. The van der Waals surface area contributed by atoms with E-state index < -0.39 is 23.2 Å². The third-order valence-electron chi connectivity index (χ3n) is 3.37. The van der Waals surface area contributed by atoms with Crippen LogP contribution in [-0.4, -0.2) is 24.7 Å². The maximum absolute atomic E-state index is 12.8. The van der Waals surface area contributed by atoms with Gasteiger partial charge in [0.25, 0.3) is 0 Å². The van der Waals surface area contributed by atoms with Crippen molar-refractivity contribution in [2.24, 2.45) is 5.73 Å². The molecule has 0 atom stereocenters. The Balaban J connectivity index is 0.00000242. The molecule has 1 aromatic carbocycles. The zero-order chi connectivity index (χ0) is 15.7. The fourth-order valence-corrected chi connectivity index (χ4v) is 2.51. The molecule has 2 rings (SSSR count). The van der Waals surface area contributed by atoms with Crippen molar-refractivity contribution in [1.82, 2.24) is 0 Å². The fraction of sp³-hybridized carbons (Fsp3) is 0.462. The number of halogens is 5. The second-order valence-corrected chi connectivity index (χ2v) is 5.77. The summed E-state index contributed by atoms with van der Waals surface area (Å²) in [6.45, 7) is 0.718. The van der Waals surface area contributed by atoms with Crippen molar-refractivity contribution in [2.45, 2.75) is 24.6 Å². The molecular weight excluding hydrogens is 389 g/mol. The maximum atomic E-state index is 12.8. The molecule has 0 radical (unpaired) electrons. The molecule has 1 fully saturated rings. The number of ether oxygens (including phenoxy) is 1. The number of nitrogens with two attached hydrogens (primary N) is 1. The van der Waals surface area contributed by atoms with E-state index in [1.54, 1.807) is 0 Å². The van der Waals surface area contributed by atoms with E-state index in [0.717, 1.165) is 6.07 Å². The Morgan fingerprint density at radius 1 is 1.32 bits per heavy atom. The number of nitrogens with one attached hydrogen (secondary N) is 1. The van der Waals surface area contributed by atoms with E-state index in [1.807, 2.05) is 0 Å². The lowest BCUT2D eigenvalue weighted by Crippen LogP contribution is -2.54. The van der Waals surface area contributed by atoms with E-state index in [1.165, 1.54) is 12.1 Å². The van der Waals surface area contributed by atoms with Crippen molar-refractivity contribution in [2.75, 3.05) is 18.5 Å². The summed E-state index contributed by atoms with van der Waals surface area (Å²) < 4.78 is 43.5. The first-order valence-electron chi connectivity index (χ1n) is 6.27. The minimum Gasteiger partial charge on any atom is -0.381 e. The Morgan fingerprint density at radius 2 is 1.91 bits per heavy atom. The van der Waals surface area contributed by atoms with E-state index >= 15 is 0 Å². The van der Waals surface area contributed by atoms with Crippen LogP contribution in [0.1, 0.15) is 18.4 Å². The molecule has 1 aliphatic heterocycles. The molecule has 9 heteroatoms. The Hall–Kier alpha value is -0.830. The van der Waals surface area contributed by atoms with Crippen LogP contribution in [0, 0.1) is 0 Å². The third kappa shape index (κ3) is 4.34. The van der Waals surface area contributed by atoms with Gasteiger partial charge >= 0.3 is 6.18 Å². The third-order valence-corrected chi connectivity index (χ3v) is 4.06. The van der Waals surface area contributed by atoms with E-state index in [4.69, 9.17) is 10.5 Å². The number of hydrogen-bond acceptors (Lipinski definition) is 3. The van der Waals surface area contributed by atoms with Crippen LogP contribution >= 0.6 is 28.3 Å². The molecule has 0 unspecified atom stereocenters. The first kappa shape index (κ1) is 19.2. The Labute approximate surface area is 140 Å². The van der Waals surface area contributed by atoms with Gasteiger partial charge in [-0.15, -0.1) is 12.4 Å². The van der Waals surface area contributed by atoms with E-state index in [9.17, 15) is 18.0 Å². The number of amides is 1. The number of hydrogen-bond donors (Lipinski definition) is 2. The summed E-state index contributed by atoms with van der Waals surface area (Å²) in [6.07, 6.45) is -3.83. The molecule has 3 N–H and O–H groups in total. The van der Waals surface area contributed by atoms with Crippen molar-refractivity contribution in [3.8, 4) is 0 Å². The minimum absolute atomic E-state index is 0. The smallest absolute Gasteiger partial charge is 0.381 e. The van der Waals surface area contributed by atoms with Gasteiger partial charge < -0.3 is 15.8 Å². The van der Waals surface area contributed by atoms with Gasteiger partial charge in [-0.25, -0.2) is 0 Å². The van der Waals surface area contributed by atoms with Gasteiger partial charge in [0.15, 0.2) is 0 Å². The SMILES string of the molecule is Cl.NC1(C(=O)Nc2ccc(Br)c(C(F)(F)F)c2)CCOCC1. The highest BCUT2D eigenvalue weighted by atomic mass is 79.9. The molecule has 0 aliphatic carbocycles. The van der Waals surface area contributed by atoms with E-state index in [0.29, 0.717) is 26.1 Å². The van der Waals surface area contributed by atoms with Crippen molar-refractivity contribution in [1.29, 1.82) is 0 Å². The van der Waals surface area contributed by atoms with Crippen LogP contribution in [0.4, 0.5) is 18.9 Å². The number of carbonyl (C=O) groups is 1. The largest absolute Gasteiger partial charge is 0.417 e. The number of anilines is 1. The standard InChI is InChI=1S/C13H14BrF3N2O2.ClH/c14-10-2-1-8(7-9(10)13(15,16)17)19-11(20)12(18)3-5-21-6-4-12;/h1-2,7H,3-6,18H2,(H,19,20);1H. The second kappa shape index (κ2) is 7.16. The lowest BCUT2D eigenvalue weighted by molar-refractivity contribution is -0.138. The molecule has 0 aromatic heterocycles. The summed E-state index contributed by atoms with van der Waals surface area (Å²) in [5.74, 6) is -0.499. The highest BCUT2D eigenvalue weighted by Gasteiger charge is 2.37. The molecule has 4 nitrogen and oxygen atoms in total. The zero-order valence-corrected chi connectivity index (χ0v) is 13.8. The van der Waals surface area contributed by atoms with Crippen LogP contribution in [0.3, 0.4) is 0 Å². The molecular formula is C13H15BrClF3N2O2. The van der Waals surface area contributed by atoms with Gasteiger partial charge in [-0.3, -0.25) is 4.79 Å². The summed E-state index contributed by atoms with van der Waals surface area (Å²) in [6, 6.07) is 3.51. The van der Waals surface area contributed by atoms with Gasteiger partial charge in [-0.1, -0.05) is 15.9 Å². The van der Waals surface area contributed by atoms with Gasteiger partial charge in [0.1, 0.15) is 5.54 Å². The second-order valence-electron chi connectivity index (χ2n) is 4.92. The highest BCUT2D eigenvalue weighted by Crippen LogP contribution is 2.36. The molecule has 1 aliphatic rings. The lowest BCUT2D eigenvalue weighted by Gasteiger charge is -2.31. The Bertz CT molecular complexity index is 549. The van der Waals surface area contributed by atoms with E-state index in [2.05, 4.69) is 21.2 Å². The predicted octanol–water partition coefficient (Wildman–Crippen LogP) is 3.34. The number of rotatable bonds is 2. The van der Waals surface area contributed by atoms with Gasteiger partial charge in [0.05, 0.1) is 5.56 Å². The van der Waals surface area contributed by atoms with Gasteiger partial charge in [-0.05, 0) is 31.0 Å². The number of benzene rings is 1. The molecule has 0 spiro atoms. The molecule has 0 bridgehead atoms.